The number of rotatable bonds is 10. The van der Waals surface area contributed by atoms with Crippen LogP contribution < -0.4 is 5.32 Å². The van der Waals surface area contributed by atoms with E-state index >= 15 is 0 Å². The van der Waals surface area contributed by atoms with Crippen molar-refractivity contribution in [3.63, 3.8) is 0 Å². The Kier molecular flexibility index (Phi) is 8.75. The molecule has 0 aliphatic carbocycles. The number of hydrogen-bond acceptors (Lipinski definition) is 5. The van der Waals surface area contributed by atoms with Crippen LogP contribution >= 0.6 is 11.8 Å². The van der Waals surface area contributed by atoms with Crippen molar-refractivity contribution in [2.24, 2.45) is 0 Å². The number of thioether (sulfide) groups is 1. The number of para-hydroxylation sites is 1. The summed E-state index contributed by atoms with van der Waals surface area (Å²) in [4.78, 5) is 31.9. The molecule has 1 aliphatic rings. The molecule has 2 amide bonds. The van der Waals surface area contributed by atoms with Crippen LogP contribution in [0.15, 0.2) is 29.4 Å². The lowest BCUT2D eigenvalue weighted by Gasteiger charge is -2.22. The maximum absolute atomic E-state index is 13.0. The lowest BCUT2D eigenvalue weighted by molar-refractivity contribution is -0.132. The summed E-state index contributed by atoms with van der Waals surface area (Å²) in [6, 6.07) is 7.63. The highest BCUT2D eigenvalue weighted by molar-refractivity contribution is 7.99. The number of ether oxygens (including phenoxy) is 1. The molecule has 3 rings (SSSR count). The van der Waals surface area contributed by atoms with E-state index in [-0.39, 0.29) is 30.2 Å². The molecule has 1 saturated heterocycles. The zero-order valence-corrected chi connectivity index (χ0v) is 20.3. The fourth-order valence-corrected chi connectivity index (χ4v) is 4.80. The SMILES string of the molecule is CCCN(CC(=O)Nc1ccccc1C)C(=O)CSc1nc(C)c(C)n1CC1CCCO1. The molecule has 0 saturated carbocycles. The molecule has 7 nitrogen and oxygen atoms in total. The number of carbonyl (C=O) groups is 2. The van der Waals surface area contributed by atoms with E-state index in [2.05, 4.69) is 21.8 Å². The van der Waals surface area contributed by atoms with Crippen LogP contribution in [0.4, 0.5) is 5.69 Å². The van der Waals surface area contributed by atoms with Crippen LogP contribution in [-0.2, 0) is 20.9 Å². The highest BCUT2D eigenvalue weighted by Gasteiger charge is 2.22. The maximum Gasteiger partial charge on any atom is 0.244 e. The van der Waals surface area contributed by atoms with E-state index in [0.717, 1.165) is 60.2 Å². The van der Waals surface area contributed by atoms with Gasteiger partial charge in [-0.2, -0.15) is 0 Å². The van der Waals surface area contributed by atoms with E-state index < -0.39 is 0 Å². The van der Waals surface area contributed by atoms with Crippen molar-refractivity contribution in [1.82, 2.24) is 14.5 Å². The number of anilines is 1. The molecular formula is C24H34N4O3S. The first-order valence-electron chi connectivity index (χ1n) is 11.3. The maximum atomic E-state index is 13.0. The van der Waals surface area contributed by atoms with E-state index in [0.29, 0.717) is 6.54 Å². The second-order valence-electron chi connectivity index (χ2n) is 8.28. The molecule has 2 heterocycles. The largest absolute Gasteiger partial charge is 0.376 e. The van der Waals surface area contributed by atoms with Gasteiger partial charge in [-0.15, -0.1) is 0 Å². The van der Waals surface area contributed by atoms with Gasteiger partial charge < -0.3 is 19.5 Å². The summed E-state index contributed by atoms with van der Waals surface area (Å²) >= 11 is 1.43. The summed E-state index contributed by atoms with van der Waals surface area (Å²) in [6.07, 6.45) is 3.15. The second kappa shape index (κ2) is 11.5. The monoisotopic (exact) mass is 458 g/mol. The first-order valence-corrected chi connectivity index (χ1v) is 12.3. The average Bonchev–Trinajstić information content (AvgIpc) is 3.37. The van der Waals surface area contributed by atoms with Crippen molar-refractivity contribution < 1.29 is 14.3 Å². The normalized spacial score (nSPS) is 15.7. The molecule has 1 aliphatic heterocycles. The molecule has 32 heavy (non-hydrogen) atoms. The Labute approximate surface area is 194 Å². The molecule has 8 heteroatoms. The van der Waals surface area contributed by atoms with Crippen LogP contribution in [-0.4, -0.2) is 57.8 Å². The second-order valence-corrected chi connectivity index (χ2v) is 9.22. The minimum Gasteiger partial charge on any atom is -0.376 e. The third-order valence-electron chi connectivity index (χ3n) is 5.76. The summed E-state index contributed by atoms with van der Waals surface area (Å²) in [6.45, 7) is 10.2. The Hall–Kier alpha value is -2.32. The smallest absolute Gasteiger partial charge is 0.244 e. The summed E-state index contributed by atoms with van der Waals surface area (Å²) < 4.78 is 7.96. The van der Waals surface area contributed by atoms with Crippen LogP contribution in [0.25, 0.3) is 0 Å². The first-order chi connectivity index (χ1) is 15.4. The van der Waals surface area contributed by atoms with Gasteiger partial charge in [0, 0.05) is 24.5 Å². The highest BCUT2D eigenvalue weighted by atomic mass is 32.2. The molecule has 0 radical (unpaired) electrons. The molecule has 0 spiro atoms. The molecule has 0 bridgehead atoms. The molecule has 1 atom stereocenters. The van der Waals surface area contributed by atoms with Crippen LogP contribution in [0.5, 0.6) is 0 Å². The van der Waals surface area contributed by atoms with Gasteiger partial charge in [-0.05, 0) is 51.7 Å². The Morgan fingerprint density at radius 1 is 1.28 bits per heavy atom. The quantitative estimate of drug-likeness (QED) is 0.546. The number of hydrogen-bond donors (Lipinski definition) is 1. The van der Waals surface area contributed by atoms with Crippen molar-refractivity contribution in [2.45, 2.75) is 64.8 Å². The van der Waals surface area contributed by atoms with Gasteiger partial charge in [0.2, 0.25) is 11.8 Å². The van der Waals surface area contributed by atoms with Gasteiger partial charge in [0.25, 0.3) is 0 Å². The molecule has 1 fully saturated rings. The Balaban J connectivity index is 1.60. The molecule has 1 unspecified atom stereocenters. The number of nitrogens with one attached hydrogen (secondary N) is 1. The van der Waals surface area contributed by atoms with Crippen LogP contribution in [0.3, 0.4) is 0 Å². The number of amides is 2. The Morgan fingerprint density at radius 3 is 2.75 bits per heavy atom. The van der Waals surface area contributed by atoms with Crippen molar-refractivity contribution >= 4 is 29.3 Å². The zero-order valence-electron chi connectivity index (χ0n) is 19.5. The van der Waals surface area contributed by atoms with Gasteiger partial charge in [0.05, 0.1) is 30.6 Å². The third kappa shape index (κ3) is 6.36. The van der Waals surface area contributed by atoms with Gasteiger partial charge in [0.1, 0.15) is 0 Å². The fourth-order valence-electron chi connectivity index (χ4n) is 3.80. The van der Waals surface area contributed by atoms with Crippen LogP contribution in [0, 0.1) is 20.8 Å². The minimum absolute atomic E-state index is 0.0456. The number of benzene rings is 1. The first kappa shape index (κ1) is 24.3. The van der Waals surface area contributed by atoms with Gasteiger partial charge >= 0.3 is 0 Å². The van der Waals surface area contributed by atoms with E-state index in [9.17, 15) is 9.59 Å². The molecule has 2 aromatic rings. The number of aromatic nitrogens is 2. The van der Waals surface area contributed by atoms with Gasteiger partial charge in [-0.3, -0.25) is 9.59 Å². The molecule has 1 N–H and O–H groups in total. The summed E-state index contributed by atoms with van der Waals surface area (Å²) in [7, 11) is 0. The average molecular weight is 459 g/mol. The van der Waals surface area contributed by atoms with E-state index in [4.69, 9.17) is 4.74 Å². The van der Waals surface area contributed by atoms with Crippen molar-refractivity contribution in [3.8, 4) is 0 Å². The van der Waals surface area contributed by atoms with E-state index in [1.807, 2.05) is 45.0 Å². The summed E-state index contributed by atoms with van der Waals surface area (Å²) in [5.41, 5.74) is 3.85. The van der Waals surface area contributed by atoms with Crippen LogP contribution in [0.2, 0.25) is 0 Å². The minimum atomic E-state index is -0.183. The lowest BCUT2D eigenvalue weighted by atomic mass is 10.2. The predicted octanol–water partition coefficient (Wildman–Crippen LogP) is 3.96. The standard InChI is InChI=1S/C24H34N4O3S/c1-5-12-27(15-22(29)26-21-11-7-6-9-17(21)2)23(30)16-32-24-25-18(3)19(4)28(24)14-20-10-8-13-31-20/h6-7,9,11,20H,5,8,10,12-16H2,1-4H3,(H,26,29). The number of carbonyl (C=O) groups excluding carboxylic acids is 2. The summed E-state index contributed by atoms with van der Waals surface area (Å²) in [5, 5.41) is 3.76. The van der Waals surface area contributed by atoms with Crippen LogP contribution in [0.1, 0.15) is 43.1 Å². The number of imidazole rings is 1. The van der Waals surface area contributed by atoms with E-state index in [1.165, 1.54) is 11.8 Å². The van der Waals surface area contributed by atoms with Gasteiger partial charge in [-0.25, -0.2) is 4.98 Å². The van der Waals surface area contributed by atoms with Gasteiger partial charge in [-0.1, -0.05) is 36.9 Å². The Morgan fingerprint density at radius 2 is 2.06 bits per heavy atom. The Bertz CT molecular complexity index is 937. The highest BCUT2D eigenvalue weighted by Crippen LogP contribution is 2.24. The van der Waals surface area contributed by atoms with Crippen molar-refractivity contribution in [2.75, 3.05) is 30.8 Å². The molecule has 1 aromatic heterocycles. The number of nitrogens with zero attached hydrogens (tertiary/aromatic N) is 3. The summed E-state index contributed by atoms with van der Waals surface area (Å²) in [5.74, 6) is 0.00965. The zero-order chi connectivity index (χ0) is 23.1. The number of aryl methyl sites for hydroxylation is 2. The molecule has 174 valence electrons. The topological polar surface area (TPSA) is 76.5 Å². The van der Waals surface area contributed by atoms with Gasteiger partial charge in [0.15, 0.2) is 5.16 Å². The van der Waals surface area contributed by atoms with Crippen molar-refractivity contribution in [1.29, 1.82) is 0 Å². The predicted molar refractivity (Wildman–Crippen MR) is 128 cm³/mol. The molecule has 1 aromatic carbocycles. The lowest BCUT2D eigenvalue weighted by Crippen LogP contribution is -2.39. The third-order valence-corrected chi connectivity index (χ3v) is 6.72. The fraction of sp³-hybridized carbons (Fsp3) is 0.542. The molecular weight excluding hydrogens is 424 g/mol. The van der Waals surface area contributed by atoms with Crippen molar-refractivity contribution in [3.05, 3.63) is 41.2 Å². The van der Waals surface area contributed by atoms with E-state index in [1.54, 1.807) is 4.90 Å².